The molecule has 4 nitrogen and oxygen atoms in total. The minimum Gasteiger partial charge on any atom is -0.350 e. The lowest BCUT2D eigenvalue weighted by Crippen LogP contribution is -2.31. The molecular formula is C8H12F3N3O. The SMILES string of the molecule is NC(=O)NN=C1CCCC(C(F)(F)F)C1. The second kappa shape index (κ2) is 4.50. The summed E-state index contributed by atoms with van der Waals surface area (Å²) in [4.78, 5) is 10.3. The van der Waals surface area contributed by atoms with Crippen molar-refractivity contribution >= 4 is 11.7 Å². The molecule has 0 aromatic rings. The van der Waals surface area contributed by atoms with E-state index in [0.717, 1.165) is 0 Å². The average Bonchev–Trinajstić information content (AvgIpc) is 2.14. The Labute approximate surface area is 84.7 Å². The zero-order chi connectivity index (χ0) is 11.5. The lowest BCUT2D eigenvalue weighted by atomic mass is 9.87. The number of urea groups is 1. The maximum atomic E-state index is 12.3. The van der Waals surface area contributed by atoms with E-state index in [0.29, 0.717) is 18.6 Å². The van der Waals surface area contributed by atoms with E-state index in [1.807, 2.05) is 5.43 Å². The largest absolute Gasteiger partial charge is 0.392 e. The zero-order valence-electron chi connectivity index (χ0n) is 7.97. The number of halogens is 3. The Morgan fingerprint density at radius 1 is 1.53 bits per heavy atom. The Kier molecular flexibility index (Phi) is 3.54. The predicted molar refractivity (Wildman–Crippen MR) is 48.2 cm³/mol. The first-order valence-corrected chi connectivity index (χ1v) is 4.57. The average molecular weight is 223 g/mol. The molecule has 1 unspecified atom stereocenters. The molecule has 15 heavy (non-hydrogen) atoms. The summed E-state index contributed by atoms with van der Waals surface area (Å²) in [5.41, 5.74) is 7.05. The highest BCUT2D eigenvalue weighted by Crippen LogP contribution is 2.36. The maximum Gasteiger partial charge on any atom is 0.392 e. The van der Waals surface area contributed by atoms with E-state index in [-0.39, 0.29) is 12.8 Å². The number of amides is 2. The van der Waals surface area contributed by atoms with Gasteiger partial charge in [0.15, 0.2) is 0 Å². The minimum absolute atomic E-state index is 0.124. The van der Waals surface area contributed by atoms with E-state index in [2.05, 4.69) is 5.10 Å². The van der Waals surface area contributed by atoms with Crippen LogP contribution < -0.4 is 11.2 Å². The fourth-order valence-corrected chi connectivity index (χ4v) is 1.56. The third-order valence-corrected chi connectivity index (χ3v) is 2.29. The molecule has 1 saturated carbocycles. The smallest absolute Gasteiger partial charge is 0.350 e. The number of hydrazone groups is 1. The Morgan fingerprint density at radius 2 is 2.20 bits per heavy atom. The highest BCUT2D eigenvalue weighted by atomic mass is 19.4. The summed E-state index contributed by atoms with van der Waals surface area (Å²) in [5.74, 6) is -1.35. The van der Waals surface area contributed by atoms with E-state index < -0.39 is 18.1 Å². The van der Waals surface area contributed by atoms with Crippen molar-refractivity contribution < 1.29 is 18.0 Å². The van der Waals surface area contributed by atoms with Gasteiger partial charge in [0.25, 0.3) is 0 Å². The molecule has 0 heterocycles. The van der Waals surface area contributed by atoms with E-state index in [1.54, 1.807) is 0 Å². The third-order valence-electron chi connectivity index (χ3n) is 2.29. The van der Waals surface area contributed by atoms with Crippen LogP contribution in [-0.4, -0.2) is 17.9 Å². The quantitative estimate of drug-likeness (QED) is 0.653. The Balaban J connectivity index is 2.56. The number of nitrogens with two attached hydrogens (primary N) is 1. The predicted octanol–water partition coefficient (Wildman–Crippen LogP) is 1.76. The molecule has 0 radical (unpaired) electrons. The molecule has 0 aromatic heterocycles. The van der Waals surface area contributed by atoms with Crippen LogP contribution in [-0.2, 0) is 0 Å². The lowest BCUT2D eigenvalue weighted by molar-refractivity contribution is -0.175. The molecular weight excluding hydrogens is 211 g/mol. The van der Waals surface area contributed by atoms with Crippen LogP contribution >= 0.6 is 0 Å². The van der Waals surface area contributed by atoms with Crippen LogP contribution in [0.1, 0.15) is 25.7 Å². The van der Waals surface area contributed by atoms with E-state index in [1.165, 1.54) is 0 Å². The number of carbonyl (C=O) groups excluding carboxylic acids is 1. The van der Waals surface area contributed by atoms with Crippen molar-refractivity contribution in [1.82, 2.24) is 5.43 Å². The summed E-state index contributed by atoms with van der Waals surface area (Å²) in [7, 11) is 0. The van der Waals surface area contributed by atoms with Crippen molar-refractivity contribution in [2.45, 2.75) is 31.9 Å². The fraction of sp³-hybridized carbons (Fsp3) is 0.750. The Bertz CT molecular complexity index is 275. The molecule has 7 heteroatoms. The second-order valence-electron chi connectivity index (χ2n) is 3.49. The monoisotopic (exact) mass is 223 g/mol. The van der Waals surface area contributed by atoms with Crippen LogP contribution in [0.2, 0.25) is 0 Å². The summed E-state index contributed by atoms with van der Waals surface area (Å²) in [6.45, 7) is 0. The lowest BCUT2D eigenvalue weighted by Gasteiger charge is -2.25. The van der Waals surface area contributed by atoms with Gasteiger partial charge in [-0.25, -0.2) is 10.2 Å². The van der Waals surface area contributed by atoms with E-state index in [9.17, 15) is 18.0 Å². The Hall–Kier alpha value is -1.27. The first kappa shape index (κ1) is 11.8. The fourth-order valence-electron chi connectivity index (χ4n) is 1.56. The molecule has 0 spiro atoms. The van der Waals surface area contributed by atoms with Crippen LogP contribution in [0.25, 0.3) is 0 Å². The van der Waals surface area contributed by atoms with E-state index in [4.69, 9.17) is 5.73 Å². The van der Waals surface area contributed by atoms with Crippen molar-refractivity contribution in [1.29, 1.82) is 0 Å². The van der Waals surface area contributed by atoms with Crippen LogP contribution in [0.3, 0.4) is 0 Å². The second-order valence-corrected chi connectivity index (χ2v) is 3.49. The van der Waals surface area contributed by atoms with Crippen molar-refractivity contribution in [2.75, 3.05) is 0 Å². The van der Waals surface area contributed by atoms with Crippen molar-refractivity contribution in [3.8, 4) is 0 Å². The van der Waals surface area contributed by atoms with Crippen LogP contribution in [0.4, 0.5) is 18.0 Å². The number of nitrogens with zero attached hydrogens (tertiary/aromatic N) is 1. The topological polar surface area (TPSA) is 67.5 Å². The summed E-state index contributed by atoms with van der Waals surface area (Å²) < 4.78 is 37.0. The molecule has 86 valence electrons. The van der Waals surface area contributed by atoms with Gasteiger partial charge >= 0.3 is 12.2 Å². The van der Waals surface area contributed by atoms with Gasteiger partial charge in [0, 0.05) is 5.71 Å². The highest BCUT2D eigenvalue weighted by molar-refractivity contribution is 5.86. The summed E-state index contributed by atoms with van der Waals surface area (Å²) >= 11 is 0. The number of primary amides is 1. The van der Waals surface area contributed by atoms with Crippen LogP contribution in [0.5, 0.6) is 0 Å². The van der Waals surface area contributed by atoms with Gasteiger partial charge in [-0.1, -0.05) is 0 Å². The zero-order valence-corrected chi connectivity index (χ0v) is 7.97. The molecule has 3 N–H and O–H groups in total. The molecule has 2 amide bonds. The minimum atomic E-state index is -4.19. The van der Waals surface area contributed by atoms with E-state index >= 15 is 0 Å². The number of hydrogen-bond donors (Lipinski definition) is 2. The van der Waals surface area contributed by atoms with Gasteiger partial charge in [0.05, 0.1) is 5.92 Å². The van der Waals surface area contributed by atoms with Gasteiger partial charge in [0.1, 0.15) is 0 Å². The van der Waals surface area contributed by atoms with Gasteiger partial charge in [-0.2, -0.15) is 18.3 Å². The molecule has 1 atom stereocenters. The molecule has 0 saturated heterocycles. The Morgan fingerprint density at radius 3 is 2.73 bits per heavy atom. The summed E-state index contributed by atoms with van der Waals surface area (Å²) in [6, 6.07) is -0.864. The molecule has 0 bridgehead atoms. The molecule has 1 aliphatic carbocycles. The number of hydrogen-bond acceptors (Lipinski definition) is 2. The summed E-state index contributed by atoms with van der Waals surface area (Å²) in [6.07, 6.45) is -3.30. The number of carbonyl (C=O) groups is 1. The third kappa shape index (κ3) is 3.77. The molecule has 1 fully saturated rings. The maximum absolute atomic E-state index is 12.3. The van der Waals surface area contributed by atoms with Crippen molar-refractivity contribution in [2.24, 2.45) is 16.8 Å². The highest BCUT2D eigenvalue weighted by Gasteiger charge is 2.41. The number of alkyl halides is 3. The van der Waals surface area contributed by atoms with Gasteiger partial charge < -0.3 is 5.73 Å². The molecule has 0 aromatic carbocycles. The van der Waals surface area contributed by atoms with Gasteiger partial charge in [-0.05, 0) is 25.7 Å². The van der Waals surface area contributed by atoms with Gasteiger partial charge in [-0.3, -0.25) is 0 Å². The van der Waals surface area contributed by atoms with Gasteiger partial charge in [-0.15, -0.1) is 0 Å². The first-order chi connectivity index (χ1) is 6.89. The standard InChI is InChI=1S/C8H12F3N3O/c9-8(10,11)5-2-1-3-6(4-5)13-14-7(12)15/h5H,1-4H2,(H3,12,14,15). The van der Waals surface area contributed by atoms with Crippen LogP contribution in [0, 0.1) is 5.92 Å². The molecule has 1 rings (SSSR count). The first-order valence-electron chi connectivity index (χ1n) is 4.57. The van der Waals surface area contributed by atoms with Gasteiger partial charge in [0.2, 0.25) is 0 Å². The number of rotatable bonds is 1. The molecule has 0 aliphatic heterocycles. The molecule has 1 aliphatic rings. The van der Waals surface area contributed by atoms with Crippen molar-refractivity contribution in [3.05, 3.63) is 0 Å². The van der Waals surface area contributed by atoms with Crippen LogP contribution in [0.15, 0.2) is 5.10 Å². The normalized spacial score (nSPS) is 25.3. The number of nitrogens with one attached hydrogen (secondary N) is 1. The summed E-state index contributed by atoms with van der Waals surface area (Å²) in [5, 5.41) is 3.54. The van der Waals surface area contributed by atoms with Crippen molar-refractivity contribution in [3.63, 3.8) is 0 Å².